The maximum absolute atomic E-state index is 11.6. The van der Waals surface area contributed by atoms with Gasteiger partial charge in [0, 0.05) is 6.54 Å². The number of carboxylic acids is 1. The van der Waals surface area contributed by atoms with E-state index in [4.69, 9.17) is 5.11 Å². The molecule has 9 nitrogen and oxygen atoms in total. The Kier molecular flexibility index (Phi) is 4.00. The van der Waals surface area contributed by atoms with Gasteiger partial charge in [0.1, 0.15) is 6.33 Å². The van der Waals surface area contributed by atoms with Gasteiger partial charge in [-0.2, -0.15) is 0 Å². The van der Waals surface area contributed by atoms with Gasteiger partial charge in [0.15, 0.2) is 11.0 Å². The SMILES string of the molecule is CCn1cnnc1Cn1c(SCC(=O)O)n[nH]c1=O. The number of aromatic amines is 1. The second-order valence-electron chi connectivity index (χ2n) is 3.61. The quantitative estimate of drug-likeness (QED) is 0.680. The molecule has 0 unspecified atom stereocenters. The smallest absolute Gasteiger partial charge is 0.344 e. The Balaban J connectivity index is 2.22. The van der Waals surface area contributed by atoms with Gasteiger partial charge in [0.05, 0.1) is 12.3 Å². The largest absolute Gasteiger partial charge is 0.481 e. The minimum atomic E-state index is -0.969. The van der Waals surface area contributed by atoms with Gasteiger partial charge in [-0.25, -0.2) is 9.89 Å². The van der Waals surface area contributed by atoms with Crippen LogP contribution in [-0.2, 0) is 17.9 Å². The monoisotopic (exact) mass is 284 g/mol. The zero-order valence-electron chi connectivity index (χ0n) is 10.1. The van der Waals surface area contributed by atoms with Crippen LogP contribution in [0.15, 0.2) is 16.3 Å². The lowest BCUT2D eigenvalue weighted by molar-refractivity contribution is -0.133. The molecule has 0 aliphatic heterocycles. The van der Waals surface area contributed by atoms with Crippen LogP contribution in [0, 0.1) is 0 Å². The highest BCUT2D eigenvalue weighted by Gasteiger charge is 2.13. The van der Waals surface area contributed by atoms with E-state index in [-0.39, 0.29) is 12.3 Å². The molecule has 10 heteroatoms. The number of carbonyl (C=O) groups is 1. The fourth-order valence-corrected chi connectivity index (χ4v) is 2.15. The highest BCUT2D eigenvalue weighted by atomic mass is 32.2. The van der Waals surface area contributed by atoms with Gasteiger partial charge in [0.2, 0.25) is 0 Å². The number of hydrogen-bond acceptors (Lipinski definition) is 6. The predicted octanol–water partition coefficient (Wildman–Crippen LogP) is -0.592. The zero-order chi connectivity index (χ0) is 13.8. The van der Waals surface area contributed by atoms with Gasteiger partial charge < -0.3 is 9.67 Å². The number of aryl methyl sites for hydroxylation is 1. The number of rotatable bonds is 6. The second-order valence-corrected chi connectivity index (χ2v) is 4.56. The number of hydrogen-bond donors (Lipinski definition) is 2. The molecule has 2 aromatic rings. The summed E-state index contributed by atoms with van der Waals surface area (Å²) in [6, 6.07) is 0. The van der Waals surface area contributed by atoms with Gasteiger partial charge in [-0.1, -0.05) is 11.8 Å². The Morgan fingerprint density at radius 2 is 2.37 bits per heavy atom. The molecule has 2 N–H and O–H groups in total. The fraction of sp³-hybridized carbons (Fsp3) is 0.444. The summed E-state index contributed by atoms with van der Waals surface area (Å²) >= 11 is 0.975. The first-order valence-corrected chi connectivity index (χ1v) is 6.46. The number of nitrogens with one attached hydrogen (secondary N) is 1. The summed E-state index contributed by atoms with van der Waals surface area (Å²) in [4.78, 5) is 22.2. The van der Waals surface area contributed by atoms with Crippen molar-refractivity contribution in [1.29, 1.82) is 0 Å². The van der Waals surface area contributed by atoms with Crippen LogP contribution in [0.3, 0.4) is 0 Å². The van der Waals surface area contributed by atoms with E-state index in [0.717, 1.165) is 11.8 Å². The lowest BCUT2D eigenvalue weighted by Gasteiger charge is -2.05. The summed E-state index contributed by atoms with van der Waals surface area (Å²) in [5.74, 6) is -0.517. The van der Waals surface area contributed by atoms with Crippen molar-refractivity contribution in [2.75, 3.05) is 5.75 Å². The molecule has 0 aliphatic carbocycles. The second kappa shape index (κ2) is 5.69. The van der Waals surface area contributed by atoms with Gasteiger partial charge in [-0.15, -0.1) is 15.3 Å². The Morgan fingerprint density at radius 3 is 3.05 bits per heavy atom. The molecule has 0 atom stereocenters. The van der Waals surface area contributed by atoms with Gasteiger partial charge in [-0.05, 0) is 6.92 Å². The highest BCUT2D eigenvalue weighted by molar-refractivity contribution is 7.99. The van der Waals surface area contributed by atoms with Crippen LogP contribution >= 0.6 is 11.8 Å². The predicted molar refractivity (Wildman–Crippen MR) is 66.0 cm³/mol. The molecule has 0 saturated heterocycles. The fourth-order valence-electron chi connectivity index (χ4n) is 1.49. The molecular weight excluding hydrogens is 272 g/mol. The van der Waals surface area contributed by atoms with Crippen LogP contribution in [0.4, 0.5) is 0 Å². The Labute approximate surface area is 111 Å². The molecule has 0 spiro atoms. The molecule has 0 aromatic carbocycles. The molecule has 0 fully saturated rings. The maximum atomic E-state index is 11.6. The van der Waals surface area contributed by atoms with E-state index in [2.05, 4.69) is 20.4 Å². The van der Waals surface area contributed by atoms with Crippen molar-refractivity contribution >= 4 is 17.7 Å². The van der Waals surface area contributed by atoms with E-state index in [1.807, 2.05) is 6.92 Å². The number of H-pyrrole nitrogens is 1. The normalized spacial score (nSPS) is 10.8. The highest BCUT2D eigenvalue weighted by Crippen LogP contribution is 2.13. The Hall–Kier alpha value is -2.10. The number of nitrogens with zero attached hydrogens (tertiary/aromatic N) is 5. The van der Waals surface area contributed by atoms with Crippen molar-refractivity contribution in [3.05, 3.63) is 22.6 Å². The van der Waals surface area contributed by atoms with E-state index in [1.165, 1.54) is 4.57 Å². The summed E-state index contributed by atoms with van der Waals surface area (Å²) in [6.07, 6.45) is 1.57. The number of aromatic nitrogens is 6. The molecule has 0 radical (unpaired) electrons. The average Bonchev–Trinajstić information content (AvgIpc) is 2.96. The molecule has 2 aromatic heterocycles. The van der Waals surface area contributed by atoms with Crippen LogP contribution in [0.25, 0.3) is 0 Å². The van der Waals surface area contributed by atoms with Crippen molar-refractivity contribution < 1.29 is 9.90 Å². The molecule has 0 amide bonds. The molecule has 0 saturated carbocycles. The van der Waals surface area contributed by atoms with Crippen molar-refractivity contribution in [3.8, 4) is 0 Å². The first kappa shape index (κ1) is 13.3. The van der Waals surface area contributed by atoms with Gasteiger partial charge >= 0.3 is 11.7 Å². The topological polar surface area (TPSA) is 119 Å². The van der Waals surface area contributed by atoms with Gasteiger partial charge in [-0.3, -0.25) is 9.36 Å². The van der Waals surface area contributed by atoms with Crippen molar-refractivity contribution in [1.82, 2.24) is 29.5 Å². The molecular formula is C9H12N6O3S. The number of carboxylic acid groups (broad SMARTS) is 1. The first-order chi connectivity index (χ1) is 9.11. The maximum Gasteiger partial charge on any atom is 0.344 e. The van der Waals surface area contributed by atoms with E-state index < -0.39 is 11.7 Å². The number of thioether (sulfide) groups is 1. The van der Waals surface area contributed by atoms with E-state index in [1.54, 1.807) is 10.9 Å². The third kappa shape index (κ3) is 3.02. The summed E-state index contributed by atoms with van der Waals surface area (Å²) in [5.41, 5.74) is -0.404. The van der Waals surface area contributed by atoms with E-state index in [0.29, 0.717) is 17.5 Å². The number of aliphatic carboxylic acids is 1. The minimum Gasteiger partial charge on any atom is -0.481 e. The average molecular weight is 284 g/mol. The Morgan fingerprint density at radius 1 is 1.58 bits per heavy atom. The van der Waals surface area contributed by atoms with Crippen LogP contribution in [0.5, 0.6) is 0 Å². The van der Waals surface area contributed by atoms with Crippen molar-refractivity contribution in [2.24, 2.45) is 0 Å². The molecule has 2 heterocycles. The van der Waals surface area contributed by atoms with Crippen molar-refractivity contribution in [2.45, 2.75) is 25.2 Å². The lowest BCUT2D eigenvalue weighted by Crippen LogP contribution is -2.20. The summed E-state index contributed by atoms with van der Waals surface area (Å²) < 4.78 is 3.13. The lowest BCUT2D eigenvalue weighted by atomic mass is 10.5. The zero-order valence-corrected chi connectivity index (χ0v) is 10.9. The molecule has 2 rings (SSSR count). The summed E-state index contributed by atoms with van der Waals surface area (Å²) in [5, 5.41) is 22.7. The summed E-state index contributed by atoms with van der Waals surface area (Å²) in [7, 11) is 0. The molecule has 102 valence electrons. The van der Waals surface area contributed by atoms with Crippen LogP contribution in [0.1, 0.15) is 12.7 Å². The third-order valence-corrected chi connectivity index (χ3v) is 3.35. The van der Waals surface area contributed by atoms with E-state index in [9.17, 15) is 9.59 Å². The standard InChI is InChI=1S/C9H12N6O3S/c1-2-14-5-10-11-6(14)3-15-8(18)12-13-9(15)19-4-7(16)17/h5H,2-4H2,1H3,(H,12,18)(H,16,17). The van der Waals surface area contributed by atoms with E-state index >= 15 is 0 Å². The van der Waals surface area contributed by atoms with Crippen LogP contribution in [0.2, 0.25) is 0 Å². The molecule has 19 heavy (non-hydrogen) atoms. The van der Waals surface area contributed by atoms with Crippen LogP contribution < -0.4 is 5.69 Å². The first-order valence-electron chi connectivity index (χ1n) is 5.48. The minimum absolute atomic E-state index is 0.162. The summed E-state index contributed by atoms with van der Waals surface area (Å²) in [6.45, 7) is 2.82. The van der Waals surface area contributed by atoms with Gasteiger partial charge in [0.25, 0.3) is 0 Å². The molecule has 0 aliphatic rings. The van der Waals surface area contributed by atoms with Crippen LogP contribution in [-0.4, -0.2) is 46.4 Å². The van der Waals surface area contributed by atoms with Crippen molar-refractivity contribution in [3.63, 3.8) is 0 Å². The third-order valence-electron chi connectivity index (χ3n) is 2.38. The Bertz CT molecular complexity index is 630. The molecule has 0 bridgehead atoms.